The summed E-state index contributed by atoms with van der Waals surface area (Å²) in [6, 6.07) is 5.59. The van der Waals surface area contributed by atoms with Crippen LogP contribution >= 0.6 is 0 Å². The van der Waals surface area contributed by atoms with Gasteiger partial charge >= 0.3 is 5.97 Å². The molecule has 3 nitrogen and oxygen atoms in total. The number of rotatable bonds is 4. The summed E-state index contributed by atoms with van der Waals surface area (Å²) in [5.74, 6) is -0.825. The number of hydrogen-bond acceptors (Lipinski definition) is 3. The molecular weight excluding hydrogens is 209 g/mol. The molecule has 0 radical (unpaired) electrons. The largest absolute Gasteiger partial charge is 0.462 e. The molecule has 86 valence electrons. The molecule has 0 aliphatic heterocycles. The first-order chi connectivity index (χ1) is 7.63. The molecule has 0 aliphatic rings. The van der Waals surface area contributed by atoms with Crippen molar-refractivity contribution in [3.8, 4) is 0 Å². The van der Waals surface area contributed by atoms with Gasteiger partial charge in [0, 0.05) is 11.8 Å². The zero-order valence-electron chi connectivity index (χ0n) is 9.07. The van der Waals surface area contributed by atoms with Crippen LogP contribution < -0.4 is 5.73 Å². The summed E-state index contributed by atoms with van der Waals surface area (Å²) in [4.78, 5) is 11.2. The van der Waals surface area contributed by atoms with Crippen molar-refractivity contribution in [2.45, 2.75) is 13.3 Å². The van der Waals surface area contributed by atoms with Gasteiger partial charge in [-0.1, -0.05) is 19.1 Å². The Morgan fingerprint density at radius 1 is 1.44 bits per heavy atom. The molecule has 0 amide bonds. The summed E-state index contributed by atoms with van der Waals surface area (Å²) in [7, 11) is 0. The Morgan fingerprint density at radius 2 is 2.06 bits per heavy atom. The van der Waals surface area contributed by atoms with Crippen molar-refractivity contribution in [2.75, 3.05) is 6.61 Å². The zero-order valence-corrected chi connectivity index (χ0v) is 9.07. The topological polar surface area (TPSA) is 52.3 Å². The number of nitrogens with two attached hydrogens (primary N) is 1. The lowest BCUT2D eigenvalue weighted by Crippen LogP contribution is -2.06. The molecule has 0 saturated heterocycles. The van der Waals surface area contributed by atoms with E-state index in [4.69, 9.17) is 10.5 Å². The fourth-order valence-electron chi connectivity index (χ4n) is 1.10. The molecule has 0 aromatic heterocycles. The van der Waals surface area contributed by atoms with Gasteiger partial charge in [-0.2, -0.15) is 0 Å². The van der Waals surface area contributed by atoms with Crippen LogP contribution in [0.4, 0.5) is 4.39 Å². The Bertz CT molecular complexity index is 385. The van der Waals surface area contributed by atoms with Crippen molar-refractivity contribution >= 4 is 11.7 Å². The van der Waals surface area contributed by atoms with Gasteiger partial charge in [0.2, 0.25) is 0 Å². The molecule has 1 aromatic carbocycles. The first kappa shape index (κ1) is 12.2. The van der Waals surface area contributed by atoms with Crippen molar-refractivity contribution in [1.82, 2.24) is 0 Å². The molecule has 0 spiro atoms. The van der Waals surface area contributed by atoms with Gasteiger partial charge < -0.3 is 10.5 Å². The number of halogens is 1. The Balaban J connectivity index is 2.69. The molecule has 4 heteroatoms. The first-order valence-electron chi connectivity index (χ1n) is 5.03. The minimum atomic E-state index is -0.483. The molecule has 0 bridgehead atoms. The minimum absolute atomic E-state index is 0.265. The van der Waals surface area contributed by atoms with Gasteiger partial charge in [0.05, 0.1) is 6.61 Å². The molecular formula is C12H14FNO2. The van der Waals surface area contributed by atoms with Crippen molar-refractivity contribution < 1.29 is 13.9 Å². The highest BCUT2D eigenvalue weighted by atomic mass is 19.1. The van der Waals surface area contributed by atoms with Gasteiger partial charge in [-0.25, -0.2) is 9.18 Å². The molecule has 0 atom stereocenters. The Labute approximate surface area is 93.7 Å². The summed E-state index contributed by atoms with van der Waals surface area (Å²) in [6.45, 7) is 2.27. The van der Waals surface area contributed by atoms with E-state index in [1.54, 1.807) is 0 Å². The number of ether oxygens (including phenoxy) is 1. The van der Waals surface area contributed by atoms with E-state index in [2.05, 4.69) is 0 Å². The third-order valence-electron chi connectivity index (χ3n) is 1.90. The third kappa shape index (κ3) is 3.73. The number of carbonyl (C=O) groups is 1. The molecule has 0 unspecified atom stereocenters. The fourth-order valence-corrected chi connectivity index (χ4v) is 1.10. The van der Waals surface area contributed by atoms with Crippen LogP contribution in [0.5, 0.6) is 0 Å². The maximum absolute atomic E-state index is 12.6. The highest BCUT2D eigenvalue weighted by Crippen LogP contribution is 2.09. The maximum Gasteiger partial charge on any atom is 0.332 e. The van der Waals surface area contributed by atoms with Crippen LogP contribution in [-0.4, -0.2) is 12.6 Å². The summed E-state index contributed by atoms with van der Waals surface area (Å²) >= 11 is 0. The lowest BCUT2D eigenvalue weighted by molar-refractivity contribution is -0.137. The van der Waals surface area contributed by atoms with Crippen LogP contribution in [0.25, 0.3) is 5.70 Å². The number of hydrogen-bond donors (Lipinski definition) is 1. The van der Waals surface area contributed by atoms with Crippen molar-refractivity contribution in [3.63, 3.8) is 0 Å². The summed E-state index contributed by atoms with van der Waals surface area (Å²) < 4.78 is 17.5. The Kier molecular flexibility index (Phi) is 4.51. The monoisotopic (exact) mass is 223 g/mol. The third-order valence-corrected chi connectivity index (χ3v) is 1.90. The minimum Gasteiger partial charge on any atom is -0.462 e. The fraction of sp³-hybridized carbons (Fsp3) is 0.250. The second kappa shape index (κ2) is 5.90. The number of benzene rings is 1. The molecule has 16 heavy (non-hydrogen) atoms. The highest BCUT2D eigenvalue weighted by Gasteiger charge is 2.02. The first-order valence-corrected chi connectivity index (χ1v) is 5.03. The lowest BCUT2D eigenvalue weighted by Gasteiger charge is -2.02. The van der Waals surface area contributed by atoms with E-state index < -0.39 is 5.97 Å². The van der Waals surface area contributed by atoms with Crippen molar-refractivity contribution in [2.24, 2.45) is 5.73 Å². The van der Waals surface area contributed by atoms with E-state index in [1.165, 1.54) is 30.3 Å². The SMILES string of the molecule is CCCOC(=O)/C=C(/N)c1ccc(F)cc1. The Hall–Kier alpha value is -1.84. The molecule has 1 rings (SSSR count). The van der Waals surface area contributed by atoms with Gasteiger partial charge in [-0.15, -0.1) is 0 Å². The Morgan fingerprint density at radius 3 is 2.62 bits per heavy atom. The smallest absolute Gasteiger partial charge is 0.332 e. The van der Waals surface area contributed by atoms with E-state index in [9.17, 15) is 9.18 Å². The number of esters is 1. The second-order valence-electron chi connectivity index (χ2n) is 3.27. The summed E-state index contributed by atoms with van der Waals surface area (Å²) in [5.41, 5.74) is 6.51. The second-order valence-corrected chi connectivity index (χ2v) is 3.27. The average Bonchev–Trinajstić information content (AvgIpc) is 2.27. The van der Waals surface area contributed by atoms with Crippen LogP contribution in [0, 0.1) is 5.82 Å². The predicted molar refractivity (Wildman–Crippen MR) is 59.8 cm³/mol. The van der Waals surface area contributed by atoms with Gasteiger partial charge in [0.1, 0.15) is 5.82 Å². The van der Waals surface area contributed by atoms with Crippen molar-refractivity contribution in [3.05, 3.63) is 41.7 Å². The number of carbonyl (C=O) groups excluding carboxylic acids is 1. The summed E-state index contributed by atoms with van der Waals surface area (Å²) in [6.07, 6.45) is 1.96. The molecule has 0 aliphatic carbocycles. The summed E-state index contributed by atoms with van der Waals surface area (Å²) in [5, 5.41) is 0. The zero-order chi connectivity index (χ0) is 12.0. The van der Waals surface area contributed by atoms with E-state index in [0.717, 1.165) is 6.42 Å². The quantitative estimate of drug-likeness (QED) is 0.628. The van der Waals surface area contributed by atoms with Crippen LogP contribution in [-0.2, 0) is 9.53 Å². The van der Waals surface area contributed by atoms with Crippen LogP contribution in [0.1, 0.15) is 18.9 Å². The van der Waals surface area contributed by atoms with Crippen LogP contribution in [0.15, 0.2) is 30.3 Å². The molecule has 2 N–H and O–H groups in total. The molecule has 0 fully saturated rings. The van der Waals surface area contributed by atoms with E-state index in [1.807, 2.05) is 6.92 Å². The van der Waals surface area contributed by atoms with Gasteiger partial charge in [0.15, 0.2) is 0 Å². The van der Waals surface area contributed by atoms with Gasteiger partial charge in [0.25, 0.3) is 0 Å². The van der Waals surface area contributed by atoms with Crippen LogP contribution in [0.3, 0.4) is 0 Å². The van der Waals surface area contributed by atoms with Crippen LogP contribution in [0.2, 0.25) is 0 Å². The van der Waals surface area contributed by atoms with Gasteiger partial charge in [-0.05, 0) is 24.1 Å². The van der Waals surface area contributed by atoms with Gasteiger partial charge in [-0.3, -0.25) is 0 Å². The van der Waals surface area contributed by atoms with Crippen molar-refractivity contribution in [1.29, 1.82) is 0 Å². The molecule has 1 aromatic rings. The molecule has 0 heterocycles. The average molecular weight is 223 g/mol. The highest BCUT2D eigenvalue weighted by molar-refractivity contribution is 5.90. The lowest BCUT2D eigenvalue weighted by atomic mass is 10.1. The predicted octanol–water partition coefficient (Wildman–Crippen LogP) is 2.08. The molecule has 0 saturated carbocycles. The van der Waals surface area contributed by atoms with E-state index in [0.29, 0.717) is 12.2 Å². The van der Waals surface area contributed by atoms with E-state index in [-0.39, 0.29) is 11.5 Å². The van der Waals surface area contributed by atoms with E-state index >= 15 is 0 Å². The maximum atomic E-state index is 12.6. The standard InChI is InChI=1S/C12H14FNO2/c1-2-7-16-12(15)8-11(14)9-3-5-10(13)6-4-9/h3-6,8H,2,7,14H2,1H3/b11-8+. The normalized spacial score (nSPS) is 11.2.